The molecule has 1 amide bonds. The van der Waals surface area contributed by atoms with Gasteiger partial charge in [-0.1, -0.05) is 0 Å². The van der Waals surface area contributed by atoms with E-state index < -0.39 is 0 Å². The van der Waals surface area contributed by atoms with Crippen LogP contribution in [0.5, 0.6) is 0 Å². The van der Waals surface area contributed by atoms with Gasteiger partial charge in [0, 0.05) is 23.8 Å². The number of nitrogens with one attached hydrogen (secondary N) is 1. The number of rotatable bonds is 3. The molecular weight excluding hydrogens is 202 g/mol. The average Bonchev–Trinajstić information content (AvgIpc) is 2.27. The fraction of sp³-hybridized carbons (Fsp3) is 0.500. The van der Waals surface area contributed by atoms with Gasteiger partial charge in [0.2, 0.25) is 0 Å². The Morgan fingerprint density at radius 1 is 1.62 bits per heavy atom. The Labute approximate surface area is 95.3 Å². The van der Waals surface area contributed by atoms with E-state index in [1.54, 1.807) is 18.3 Å². The Hall–Kier alpha value is -1.42. The monoisotopic (exact) mass is 219 g/mol. The number of hydrogen-bond acceptors (Lipinski definition) is 3. The van der Waals surface area contributed by atoms with Gasteiger partial charge in [-0.3, -0.25) is 9.78 Å². The summed E-state index contributed by atoms with van der Waals surface area (Å²) in [5.74, 6) is -0.0284. The summed E-state index contributed by atoms with van der Waals surface area (Å²) >= 11 is 0. The number of nitrogens with two attached hydrogens (primary N) is 1. The summed E-state index contributed by atoms with van der Waals surface area (Å²) < 4.78 is 0. The molecule has 4 nitrogen and oxygen atoms in total. The van der Waals surface area contributed by atoms with Gasteiger partial charge in [-0.15, -0.1) is 0 Å². The van der Waals surface area contributed by atoms with E-state index in [0.29, 0.717) is 12.1 Å². The number of amides is 1. The highest BCUT2D eigenvalue weighted by molar-refractivity contribution is 5.94. The molecule has 0 aliphatic heterocycles. The van der Waals surface area contributed by atoms with Crippen molar-refractivity contribution in [3.8, 4) is 0 Å². The number of pyridine rings is 1. The van der Waals surface area contributed by atoms with Crippen molar-refractivity contribution in [2.75, 3.05) is 0 Å². The van der Waals surface area contributed by atoms with Crippen molar-refractivity contribution >= 4 is 5.91 Å². The Bertz CT molecular complexity index is 399. The molecule has 1 fully saturated rings. The van der Waals surface area contributed by atoms with Gasteiger partial charge in [-0.25, -0.2) is 0 Å². The van der Waals surface area contributed by atoms with Gasteiger partial charge in [0.25, 0.3) is 5.91 Å². The number of carbonyl (C=O) groups is 1. The summed E-state index contributed by atoms with van der Waals surface area (Å²) in [4.78, 5) is 16.0. The predicted octanol–water partition coefficient (Wildman–Crippen LogP) is 1.21. The van der Waals surface area contributed by atoms with E-state index in [-0.39, 0.29) is 11.4 Å². The van der Waals surface area contributed by atoms with Crippen molar-refractivity contribution in [3.63, 3.8) is 0 Å². The first-order chi connectivity index (χ1) is 7.63. The summed E-state index contributed by atoms with van der Waals surface area (Å²) in [6.07, 6.45) is 4.95. The van der Waals surface area contributed by atoms with Crippen LogP contribution in [0.15, 0.2) is 18.3 Å². The molecule has 2 rings (SSSR count). The summed E-state index contributed by atoms with van der Waals surface area (Å²) in [5, 5.41) is 3.05. The van der Waals surface area contributed by atoms with Crippen LogP contribution in [0.25, 0.3) is 0 Å². The number of carbonyl (C=O) groups excluding carboxylic acids is 1. The number of aromatic nitrogens is 1. The van der Waals surface area contributed by atoms with Gasteiger partial charge in [-0.05, 0) is 38.3 Å². The van der Waals surface area contributed by atoms with Crippen LogP contribution in [0.4, 0.5) is 0 Å². The fourth-order valence-electron chi connectivity index (χ4n) is 1.91. The molecule has 1 saturated carbocycles. The van der Waals surface area contributed by atoms with Crippen LogP contribution in [0.2, 0.25) is 0 Å². The third kappa shape index (κ3) is 2.22. The van der Waals surface area contributed by atoms with Gasteiger partial charge >= 0.3 is 0 Å². The van der Waals surface area contributed by atoms with E-state index in [4.69, 9.17) is 5.73 Å². The molecule has 3 N–H and O–H groups in total. The molecule has 0 unspecified atom stereocenters. The van der Waals surface area contributed by atoms with E-state index in [9.17, 15) is 4.79 Å². The molecular formula is C12H17N3O. The Morgan fingerprint density at radius 2 is 2.38 bits per heavy atom. The molecule has 0 spiro atoms. The summed E-state index contributed by atoms with van der Waals surface area (Å²) in [7, 11) is 0. The highest BCUT2D eigenvalue weighted by Gasteiger charge is 2.33. The van der Waals surface area contributed by atoms with Crippen molar-refractivity contribution in [3.05, 3.63) is 29.6 Å². The van der Waals surface area contributed by atoms with E-state index in [0.717, 1.165) is 18.5 Å². The van der Waals surface area contributed by atoms with Crippen LogP contribution in [0.1, 0.15) is 42.2 Å². The smallest absolute Gasteiger partial charge is 0.251 e. The lowest BCUT2D eigenvalue weighted by atomic mass is 9.78. The van der Waals surface area contributed by atoms with E-state index >= 15 is 0 Å². The third-order valence-corrected chi connectivity index (χ3v) is 3.16. The van der Waals surface area contributed by atoms with Crippen LogP contribution in [-0.2, 0) is 6.54 Å². The molecule has 4 heteroatoms. The van der Waals surface area contributed by atoms with Gasteiger partial charge in [0.15, 0.2) is 0 Å². The van der Waals surface area contributed by atoms with Crippen LogP contribution >= 0.6 is 0 Å². The van der Waals surface area contributed by atoms with Crippen LogP contribution in [0, 0.1) is 0 Å². The highest BCUT2D eigenvalue weighted by Crippen LogP contribution is 2.31. The third-order valence-electron chi connectivity index (χ3n) is 3.16. The maximum Gasteiger partial charge on any atom is 0.251 e. The van der Waals surface area contributed by atoms with Crippen molar-refractivity contribution in [1.82, 2.24) is 10.3 Å². The first-order valence-corrected chi connectivity index (χ1v) is 5.60. The summed E-state index contributed by atoms with van der Waals surface area (Å²) in [6, 6.07) is 3.47. The average molecular weight is 219 g/mol. The molecule has 0 aromatic carbocycles. The quantitative estimate of drug-likeness (QED) is 0.803. The topological polar surface area (TPSA) is 68.0 Å². The molecule has 1 aromatic rings. The van der Waals surface area contributed by atoms with Gasteiger partial charge in [0.1, 0.15) is 0 Å². The maximum absolute atomic E-state index is 11.9. The molecule has 1 aliphatic rings. The standard InChI is InChI=1S/C12H17N3O/c1-12(4-2-5-12)15-11(16)9-3-6-14-10(7-9)8-13/h3,6-7H,2,4-5,8,13H2,1H3,(H,15,16). The minimum atomic E-state index is -0.0284. The lowest BCUT2D eigenvalue weighted by Crippen LogP contribution is -2.50. The summed E-state index contributed by atoms with van der Waals surface area (Å²) in [6.45, 7) is 2.44. The second kappa shape index (κ2) is 4.22. The van der Waals surface area contributed by atoms with Crippen molar-refractivity contribution < 1.29 is 4.79 Å². The maximum atomic E-state index is 11.9. The molecule has 1 aliphatic carbocycles. The Morgan fingerprint density at radius 3 is 2.94 bits per heavy atom. The first-order valence-electron chi connectivity index (χ1n) is 5.60. The molecule has 0 saturated heterocycles. The van der Waals surface area contributed by atoms with Crippen molar-refractivity contribution in [2.45, 2.75) is 38.3 Å². The molecule has 1 aromatic heterocycles. The zero-order valence-corrected chi connectivity index (χ0v) is 9.49. The molecule has 1 heterocycles. The van der Waals surface area contributed by atoms with Gasteiger partial charge < -0.3 is 11.1 Å². The van der Waals surface area contributed by atoms with Crippen LogP contribution in [0.3, 0.4) is 0 Å². The molecule has 0 bridgehead atoms. The highest BCUT2D eigenvalue weighted by atomic mass is 16.1. The lowest BCUT2D eigenvalue weighted by Gasteiger charge is -2.39. The Balaban J connectivity index is 2.08. The number of nitrogens with zero attached hydrogens (tertiary/aromatic N) is 1. The normalized spacial score (nSPS) is 17.6. The molecule has 16 heavy (non-hydrogen) atoms. The second-order valence-electron chi connectivity index (χ2n) is 4.61. The van der Waals surface area contributed by atoms with Crippen LogP contribution < -0.4 is 11.1 Å². The van der Waals surface area contributed by atoms with Crippen molar-refractivity contribution in [1.29, 1.82) is 0 Å². The van der Waals surface area contributed by atoms with E-state index in [1.165, 1.54) is 6.42 Å². The van der Waals surface area contributed by atoms with Crippen LogP contribution in [-0.4, -0.2) is 16.4 Å². The SMILES string of the molecule is CC1(NC(=O)c2ccnc(CN)c2)CCC1. The van der Waals surface area contributed by atoms with Gasteiger partial charge in [0.05, 0.1) is 5.69 Å². The Kier molecular flexibility index (Phi) is 2.92. The molecule has 0 radical (unpaired) electrons. The largest absolute Gasteiger partial charge is 0.347 e. The minimum Gasteiger partial charge on any atom is -0.347 e. The molecule has 0 atom stereocenters. The zero-order valence-electron chi connectivity index (χ0n) is 9.49. The zero-order chi connectivity index (χ0) is 11.6. The van der Waals surface area contributed by atoms with Crippen molar-refractivity contribution in [2.24, 2.45) is 5.73 Å². The fourth-order valence-corrected chi connectivity index (χ4v) is 1.91. The van der Waals surface area contributed by atoms with E-state index in [1.807, 2.05) is 0 Å². The molecule has 86 valence electrons. The predicted molar refractivity (Wildman–Crippen MR) is 61.9 cm³/mol. The number of hydrogen-bond donors (Lipinski definition) is 2. The minimum absolute atomic E-state index is 0.0107. The first kappa shape index (κ1) is 11.1. The second-order valence-corrected chi connectivity index (χ2v) is 4.61. The van der Waals surface area contributed by atoms with E-state index in [2.05, 4.69) is 17.2 Å². The summed E-state index contributed by atoms with van der Waals surface area (Å²) in [5.41, 5.74) is 6.86. The van der Waals surface area contributed by atoms with Gasteiger partial charge in [-0.2, -0.15) is 0 Å². The lowest BCUT2D eigenvalue weighted by molar-refractivity contribution is 0.0850.